The summed E-state index contributed by atoms with van der Waals surface area (Å²) in [5.41, 5.74) is 1.34. The van der Waals surface area contributed by atoms with Gasteiger partial charge in [-0.2, -0.15) is 5.10 Å². The molecule has 2 heterocycles. The molecule has 96 valence electrons. The predicted octanol–water partition coefficient (Wildman–Crippen LogP) is 2.65. The van der Waals surface area contributed by atoms with E-state index >= 15 is 0 Å². The maximum absolute atomic E-state index is 12.1. The molecule has 0 aromatic carbocycles. The second kappa shape index (κ2) is 5.39. The van der Waals surface area contributed by atoms with Crippen molar-refractivity contribution in [2.24, 2.45) is 7.05 Å². The molecule has 0 saturated carbocycles. The molecule has 0 unspecified atom stereocenters. The molecule has 0 fully saturated rings. The number of rotatable bonds is 4. The number of carbonyl (C=O) groups excluding carboxylic acids is 1. The Morgan fingerprint density at radius 1 is 1.50 bits per heavy atom. The summed E-state index contributed by atoms with van der Waals surface area (Å²) in [7, 11) is 1.81. The number of aromatic nitrogens is 3. The number of halogens is 1. The van der Waals surface area contributed by atoms with Gasteiger partial charge in [0.2, 0.25) is 0 Å². The van der Waals surface area contributed by atoms with Gasteiger partial charge in [0.25, 0.3) is 5.91 Å². The van der Waals surface area contributed by atoms with E-state index in [2.05, 4.69) is 33.3 Å². The number of amides is 1. The molecule has 0 atom stereocenters. The van der Waals surface area contributed by atoms with Crippen LogP contribution in [0.25, 0.3) is 0 Å². The average molecular weight is 311 g/mol. The Labute approximate surface area is 114 Å². The Morgan fingerprint density at radius 2 is 2.28 bits per heavy atom. The number of aryl methyl sites for hydroxylation is 2. The summed E-state index contributed by atoms with van der Waals surface area (Å²) in [6, 6.07) is 1.82. The lowest BCUT2D eigenvalue weighted by molar-refractivity contribution is 0.101. The van der Waals surface area contributed by atoms with Gasteiger partial charge in [0.15, 0.2) is 0 Å². The van der Waals surface area contributed by atoms with E-state index in [1.165, 1.54) is 0 Å². The van der Waals surface area contributed by atoms with E-state index in [1.54, 1.807) is 17.1 Å². The standard InChI is InChI=1S/C12H15BrN4O/c1-3-4-17-7-9(13)5-11(17)12(18)15-10-6-14-16(2)8-10/h5-8H,3-4H2,1-2H3,(H,15,18). The fourth-order valence-corrected chi connectivity index (χ4v) is 2.24. The molecule has 0 aliphatic heterocycles. The van der Waals surface area contributed by atoms with Crippen LogP contribution in [0.4, 0.5) is 5.69 Å². The minimum absolute atomic E-state index is 0.123. The molecule has 0 spiro atoms. The second-order valence-corrected chi connectivity index (χ2v) is 5.01. The van der Waals surface area contributed by atoms with Gasteiger partial charge in [-0.25, -0.2) is 0 Å². The minimum atomic E-state index is -0.123. The first-order valence-electron chi connectivity index (χ1n) is 5.76. The van der Waals surface area contributed by atoms with Crippen molar-refractivity contribution in [2.45, 2.75) is 19.9 Å². The van der Waals surface area contributed by atoms with Gasteiger partial charge >= 0.3 is 0 Å². The molecule has 1 N–H and O–H groups in total. The van der Waals surface area contributed by atoms with Gasteiger partial charge in [-0.15, -0.1) is 0 Å². The molecule has 0 radical (unpaired) electrons. The van der Waals surface area contributed by atoms with Crippen LogP contribution in [0.1, 0.15) is 23.8 Å². The molecule has 0 aliphatic carbocycles. The minimum Gasteiger partial charge on any atom is -0.342 e. The monoisotopic (exact) mass is 310 g/mol. The van der Waals surface area contributed by atoms with Gasteiger partial charge in [-0.05, 0) is 28.4 Å². The summed E-state index contributed by atoms with van der Waals surface area (Å²) in [5, 5.41) is 6.84. The fraction of sp³-hybridized carbons (Fsp3) is 0.333. The molecule has 6 heteroatoms. The molecule has 1 amide bonds. The molecule has 0 bridgehead atoms. The first-order valence-corrected chi connectivity index (χ1v) is 6.55. The zero-order chi connectivity index (χ0) is 13.1. The third-order valence-corrected chi connectivity index (χ3v) is 2.96. The Kier molecular flexibility index (Phi) is 3.86. The van der Waals surface area contributed by atoms with E-state index < -0.39 is 0 Å². The number of carbonyl (C=O) groups is 1. The average Bonchev–Trinajstić information content (AvgIpc) is 2.86. The maximum Gasteiger partial charge on any atom is 0.272 e. The summed E-state index contributed by atoms with van der Waals surface area (Å²) in [5.74, 6) is -0.123. The van der Waals surface area contributed by atoms with Gasteiger partial charge in [0, 0.05) is 30.5 Å². The third-order valence-electron chi connectivity index (χ3n) is 2.52. The number of nitrogens with one attached hydrogen (secondary N) is 1. The van der Waals surface area contributed by atoms with Crippen molar-refractivity contribution in [3.05, 3.63) is 34.8 Å². The van der Waals surface area contributed by atoms with E-state index in [0.29, 0.717) is 11.4 Å². The highest BCUT2D eigenvalue weighted by Gasteiger charge is 2.13. The Hall–Kier alpha value is -1.56. The van der Waals surface area contributed by atoms with Crippen molar-refractivity contribution in [1.29, 1.82) is 0 Å². The molecule has 0 aliphatic rings. The van der Waals surface area contributed by atoms with Gasteiger partial charge in [0.1, 0.15) is 5.69 Å². The number of hydrogen-bond acceptors (Lipinski definition) is 2. The Balaban J connectivity index is 2.17. The molecular weight excluding hydrogens is 296 g/mol. The number of hydrogen-bond donors (Lipinski definition) is 1. The van der Waals surface area contributed by atoms with E-state index in [0.717, 1.165) is 17.4 Å². The highest BCUT2D eigenvalue weighted by atomic mass is 79.9. The summed E-state index contributed by atoms with van der Waals surface area (Å²) < 4.78 is 4.50. The van der Waals surface area contributed by atoms with Crippen LogP contribution < -0.4 is 5.32 Å². The van der Waals surface area contributed by atoms with Crippen LogP contribution in [0.2, 0.25) is 0 Å². The number of anilines is 1. The van der Waals surface area contributed by atoms with E-state index in [-0.39, 0.29) is 5.91 Å². The first kappa shape index (κ1) is 12.9. The Bertz CT molecular complexity index is 558. The van der Waals surface area contributed by atoms with Crippen LogP contribution in [-0.2, 0) is 13.6 Å². The Morgan fingerprint density at radius 3 is 2.89 bits per heavy atom. The van der Waals surface area contributed by atoms with Crippen molar-refractivity contribution in [1.82, 2.24) is 14.3 Å². The fourth-order valence-electron chi connectivity index (χ4n) is 1.77. The van der Waals surface area contributed by atoms with Gasteiger partial charge in [-0.1, -0.05) is 6.92 Å². The summed E-state index contributed by atoms with van der Waals surface area (Å²) in [6.45, 7) is 2.90. The molecular formula is C12H15BrN4O. The highest BCUT2D eigenvalue weighted by molar-refractivity contribution is 9.10. The highest BCUT2D eigenvalue weighted by Crippen LogP contribution is 2.17. The number of nitrogens with zero attached hydrogens (tertiary/aromatic N) is 3. The summed E-state index contributed by atoms with van der Waals surface area (Å²) in [6.07, 6.45) is 6.29. The third kappa shape index (κ3) is 2.81. The van der Waals surface area contributed by atoms with Crippen LogP contribution >= 0.6 is 15.9 Å². The second-order valence-electron chi connectivity index (χ2n) is 4.09. The van der Waals surface area contributed by atoms with Crippen LogP contribution in [0.3, 0.4) is 0 Å². The van der Waals surface area contributed by atoms with Gasteiger partial charge < -0.3 is 9.88 Å². The van der Waals surface area contributed by atoms with Crippen molar-refractivity contribution < 1.29 is 4.79 Å². The van der Waals surface area contributed by atoms with Gasteiger partial charge in [-0.3, -0.25) is 9.48 Å². The smallest absolute Gasteiger partial charge is 0.272 e. The van der Waals surface area contributed by atoms with Gasteiger partial charge in [0.05, 0.1) is 11.9 Å². The first-order chi connectivity index (χ1) is 8.60. The van der Waals surface area contributed by atoms with Crippen LogP contribution in [0, 0.1) is 0 Å². The SMILES string of the molecule is CCCn1cc(Br)cc1C(=O)Nc1cnn(C)c1. The topological polar surface area (TPSA) is 51.9 Å². The quantitative estimate of drug-likeness (QED) is 0.944. The molecule has 2 aromatic heterocycles. The zero-order valence-corrected chi connectivity index (χ0v) is 11.9. The van der Waals surface area contributed by atoms with Crippen molar-refractivity contribution in [3.63, 3.8) is 0 Å². The predicted molar refractivity (Wildman–Crippen MR) is 73.6 cm³/mol. The molecule has 0 saturated heterocycles. The largest absolute Gasteiger partial charge is 0.342 e. The van der Waals surface area contributed by atoms with E-state index in [9.17, 15) is 4.79 Å². The molecule has 18 heavy (non-hydrogen) atoms. The van der Waals surface area contributed by atoms with Crippen LogP contribution in [-0.4, -0.2) is 20.3 Å². The lowest BCUT2D eigenvalue weighted by atomic mass is 10.3. The summed E-state index contributed by atoms with van der Waals surface area (Å²) in [4.78, 5) is 12.1. The van der Waals surface area contributed by atoms with Crippen LogP contribution in [0.5, 0.6) is 0 Å². The van der Waals surface area contributed by atoms with E-state index in [4.69, 9.17) is 0 Å². The van der Waals surface area contributed by atoms with Crippen molar-refractivity contribution in [2.75, 3.05) is 5.32 Å². The molecule has 5 nitrogen and oxygen atoms in total. The van der Waals surface area contributed by atoms with Crippen LogP contribution in [0.15, 0.2) is 29.1 Å². The zero-order valence-electron chi connectivity index (χ0n) is 10.4. The van der Waals surface area contributed by atoms with Crippen molar-refractivity contribution >= 4 is 27.5 Å². The normalized spacial score (nSPS) is 10.6. The van der Waals surface area contributed by atoms with Crippen molar-refractivity contribution in [3.8, 4) is 0 Å². The summed E-state index contributed by atoms with van der Waals surface area (Å²) >= 11 is 3.39. The maximum atomic E-state index is 12.1. The van der Waals surface area contributed by atoms with E-state index in [1.807, 2.05) is 23.9 Å². The molecule has 2 rings (SSSR count). The molecule has 2 aromatic rings. The lowest BCUT2D eigenvalue weighted by Gasteiger charge is -2.07. The lowest BCUT2D eigenvalue weighted by Crippen LogP contribution is -2.16.